The van der Waals surface area contributed by atoms with E-state index < -0.39 is 5.82 Å². The molecule has 21 heavy (non-hydrogen) atoms. The van der Waals surface area contributed by atoms with Gasteiger partial charge in [0.2, 0.25) is 0 Å². The molecule has 0 unspecified atom stereocenters. The first-order valence-electron chi connectivity index (χ1n) is 6.96. The highest BCUT2D eigenvalue weighted by Crippen LogP contribution is 2.20. The van der Waals surface area contributed by atoms with Crippen molar-refractivity contribution in [1.29, 1.82) is 0 Å². The Hall–Kier alpha value is -1.65. The van der Waals surface area contributed by atoms with Gasteiger partial charge in [-0.3, -0.25) is 4.98 Å². The van der Waals surface area contributed by atoms with Crippen LogP contribution in [0.1, 0.15) is 24.1 Å². The minimum atomic E-state index is -0.433. The number of nitrogens with one attached hydrogen (secondary N) is 1. The molecule has 0 bridgehead atoms. The number of ether oxygens (including phenoxy) is 1. The van der Waals surface area contributed by atoms with Crippen LogP contribution in [0.2, 0.25) is 5.02 Å². The molecule has 1 aliphatic carbocycles. The van der Waals surface area contributed by atoms with E-state index in [0.717, 1.165) is 17.8 Å². The van der Waals surface area contributed by atoms with E-state index in [-0.39, 0.29) is 11.6 Å². The summed E-state index contributed by atoms with van der Waals surface area (Å²) in [6.45, 7) is 1.07. The molecule has 1 N–H and O–H groups in total. The van der Waals surface area contributed by atoms with E-state index in [0.29, 0.717) is 11.8 Å². The molecule has 1 aliphatic rings. The van der Waals surface area contributed by atoms with Crippen LogP contribution >= 0.6 is 11.6 Å². The number of halogens is 2. The second-order valence-corrected chi connectivity index (χ2v) is 5.58. The van der Waals surface area contributed by atoms with Gasteiger partial charge in [0, 0.05) is 12.6 Å². The second kappa shape index (κ2) is 6.41. The van der Waals surface area contributed by atoms with Crippen molar-refractivity contribution < 1.29 is 9.13 Å². The summed E-state index contributed by atoms with van der Waals surface area (Å²) in [5, 5.41) is 3.52. The fourth-order valence-corrected chi connectivity index (χ4v) is 2.05. The van der Waals surface area contributed by atoms with Crippen LogP contribution in [-0.4, -0.2) is 11.0 Å². The monoisotopic (exact) mass is 306 g/mol. The van der Waals surface area contributed by atoms with Crippen molar-refractivity contribution in [2.75, 3.05) is 0 Å². The Kier molecular flexibility index (Phi) is 4.36. The van der Waals surface area contributed by atoms with Gasteiger partial charge in [0.05, 0.1) is 16.9 Å². The first-order chi connectivity index (χ1) is 10.2. The van der Waals surface area contributed by atoms with E-state index in [4.69, 9.17) is 16.3 Å². The molecule has 1 aromatic heterocycles. The molecule has 1 fully saturated rings. The van der Waals surface area contributed by atoms with Crippen molar-refractivity contribution in [3.8, 4) is 5.75 Å². The molecule has 2 aromatic rings. The van der Waals surface area contributed by atoms with Gasteiger partial charge in [-0.2, -0.15) is 0 Å². The predicted molar refractivity (Wildman–Crippen MR) is 79.8 cm³/mol. The maximum Gasteiger partial charge on any atom is 0.142 e. The van der Waals surface area contributed by atoms with Crippen LogP contribution in [-0.2, 0) is 13.2 Å². The highest BCUT2D eigenvalue weighted by Gasteiger charge is 2.20. The lowest BCUT2D eigenvalue weighted by Crippen LogP contribution is -2.16. The zero-order valence-corrected chi connectivity index (χ0v) is 12.2. The van der Waals surface area contributed by atoms with E-state index in [1.165, 1.54) is 25.0 Å². The Morgan fingerprint density at radius 3 is 2.81 bits per heavy atom. The summed E-state index contributed by atoms with van der Waals surface area (Å²) in [6, 6.07) is 9.13. The van der Waals surface area contributed by atoms with Crippen molar-refractivity contribution in [2.45, 2.75) is 32.0 Å². The van der Waals surface area contributed by atoms with Gasteiger partial charge in [-0.15, -0.1) is 0 Å². The summed E-state index contributed by atoms with van der Waals surface area (Å²) in [7, 11) is 0. The third-order valence-corrected chi connectivity index (χ3v) is 3.64. The number of hydrogen-bond donors (Lipinski definition) is 1. The SMILES string of the molecule is Fc1cc(COc2ccc(CNC3CC3)nc2)ccc1Cl. The summed E-state index contributed by atoms with van der Waals surface area (Å²) < 4.78 is 18.9. The fourth-order valence-electron chi connectivity index (χ4n) is 1.93. The largest absolute Gasteiger partial charge is 0.487 e. The lowest BCUT2D eigenvalue weighted by Gasteiger charge is -2.08. The molecule has 3 nitrogen and oxygen atoms in total. The molecule has 0 radical (unpaired) electrons. The molecule has 3 rings (SSSR count). The smallest absolute Gasteiger partial charge is 0.142 e. The first kappa shape index (κ1) is 14.3. The molecule has 0 amide bonds. The maximum atomic E-state index is 13.3. The second-order valence-electron chi connectivity index (χ2n) is 5.18. The summed E-state index contributed by atoms with van der Waals surface area (Å²) in [4.78, 5) is 4.34. The van der Waals surface area contributed by atoms with Gasteiger partial charge in [-0.1, -0.05) is 17.7 Å². The van der Waals surface area contributed by atoms with Gasteiger partial charge >= 0.3 is 0 Å². The molecule has 1 aromatic carbocycles. The molecule has 0 atom stereocenters. The molecule has 0 saturated heterocycles. The number of hydrogen-bond acceptors (Lipinski definition) is 3. The summed E-state index contributed by atoms with van der Waals surface area (Å²) in [6.07, 6.45) is 4.22. The van der Waals surface area contributed by atoms with Crippen LogP contribution in [0.5, 0.6) is 5.75 Å². The van der Waals surface area contributed by atoms with Crippen LogP contribution in [0.4, 0.5) is 4.39 Å². The predicted octanol–water partition coefficient (Wildman–Crippen LogP) is 3.71. The highest BCUT2D eigenvalue weighted by molar-refractivity contribution is 6.30. The van der Waals surface area contributed by atoms with Crippen LogP contribution < -0.4 is 10.1 Å². The van der Waals surface area contributed by atoms with Gasteiger partial charge < -0.3 is 10.1 Å². The van der Waals surface area contributed by atoms with E-state index in [9.17, 15) is 4.39 Å². The molecule has 0 aliphatic heterocycles. The summed E-state index contributed by atoms with van der Waals surface area (Å²) in [5.41, 5.74) is 1.73. The zero-order valence-electron chi connectivity index (χ0n) is 11.5. The Labute approximate surface area is 128 Å². The number of pyridine rings is 1. The van der Waals surface area contributed by atoms with E-state index in [1.54, 1.807) is 12.3 Å². The average Bonchev–Trinajstić information content (AvgIpc) is 3.32. The van der Waals surface area contributed by atoms with Gasteiger partial charge in [-0.25, -0.2) is 4.39 Å². The Bertz CT molecular complexity index is 614. The van der Waals surface area contributed by atoms with E-state index in [1.807, 2.05) is 12.1 Å². The van der Waals surface area contributed by atoms with E-state index in [2.05, 4.69) is 10.3 Å². The first-order valence-corrected chi connectivity index (χ1v) is 7.33. The van der Waals surface area contributed by atoms with Crippen molar-refractivity contribution in [1.82, 2.24) is 10.3 Å². The highest BCUT2D eigenvalue weighted by atomic mass is 35.5. The molecular weight excluding hydrogens is 291 g/mol. The number of rotatable bonds is 6. The Balaban J connectivity index is 1.53. The average molecular weight is 307 g/mol. The van der Waals surface area contributed by atoms with Crippen LogP contribution in [0.3, 0.4) is 0 Å². The minimum Gasteiger partial charge on any atom is -0.487 e. The van der Waals surface area contributed by atoms with Gasteiger partial charge in [0.1, 0.15) is 18.2 Å². The van der Waals surface area contributed by atoms with Crippen molar-refractivity contribution in [3.63, 3.8) is 0 Å². The van der Waals surface area contributed by atoms with E-state index >= 15 is 0 Å². The molecule has 5 heteroatoms. The maximum absolute atomic E-state index is 13.3. The van der Waals surface area contributed by atoms with Gasteiger partial charge in [-0.05, 0) is 42.7 Å². The Morgan fingerprint density at radius 2 is 2.14 bits per heavy atom. The number of benzene rings is 1. The molecule has 110 valence electrons. The van der Waals surface area contributed by atoms with Crippen LogP contribution in [0, 0.1) is 5.82 Å². The van der Waals surface area contributed by atoms with Gasteiger partial charge in [0.25, 0.3) is 0 Å². The van der Waals surface area contributed by atoms with Crippen molar-refractivity contribution in [3.05, 3.63) is 58.6 Å². The summed E-state index contributed by atoms with van der Waals surface area (Å²) >= 11 is 5.64. The van der Waals surface area contributed by atoms with Crippen molar-refractivity contribution >= 4 is 11.6 Å². The molecule has 1 heterocycles. The zero-order chi connectivity index (χ0) is 14.7. The third-order valence-electron chi connectivity index (χ3n) is 3.34. The quantitative estimate of drug-likeness (QED) is 0.883. The van der Waals surface area contributed by atoms with Crippen LogP contribution in [0.25, 0.3) is 0 Å². The normalized spacial score (nSPS) is 14.2. The molecule has 1 saturated carbocycles. The van der Waals surface area contributed by atoms with Gasteiger partial charge in [0.15, 0.2) is 0 Å². The summed E-state index contributed by atoms with van der Waals surface area (Å²) in [5.74, 6) is 0.234. The fraction of sp³-hybridized carbons (Fsp3) is 0.312. The molecular formula is C16H16ClFN2O. The lowest BCUT2D eigenvalue weighted by molar-refractivity contribution is 0.304. The Morgan fingerprint density at radius 1 is 1.29 bits per heavy atom. The van der Waals surface area contributed by atoms with Crippen LogP contribution in [0.15, 0.2) is 36.5 Å². The minimum absolute atomic E-state index is 0.118. The van der Waals surface area contributed by atoms with Crippen molar-refractivity contribution in [2.24, 2.45) is 0 Å². The molecule has 0 spiro atoms. The topological polar surface area (TPSA) is 34.1 Å². The number of nitrogens with zero attached hydrogens (tertiary/aromatic N) is 1. The number of aromatic nitrogens is 1. The standard InChI is InChI=1S/C16H16ClFN2O/c17-15-6-1-11(7-16(15)18)10-21-14-5-4-13(20-9-14)8-19-12-2-3-12/h1,4-7,9,12,19H,2-3,8,10H2. The third kappa shape index (κ3) is 4.16. The lowest BCUT2D eigenvalue weighted by atomic mass is 10.2.